The van der Waals surface area contributed by atoms with Gasteiger partial charge < -0.3 is 16.8 Å². The third-order valence-electron chi connectivity index (χ3n) is 2.35. The number of rotatable bonds is 6. The van der Waals surface area contributed by atoms with Crippen LogP contribution in [0.25, 0.3) is 0 Å². The Labute approximate surface area is 96.0 Å². The lowest BCUT2D eigenvalue weighted by Crippen LogP contribution is -2.37. The molecule has 1 unspecified atom stereocenters. The lowest BCUT2D eigenvalue weighted by atomic mass is 10.1. The van der Waals surface area contributed by atoms with E-state index < -0.39 is 6.04 Å². The Morgan fingerprint density at radius 3 is 2.56 bits per heavy atom. The summed E-state index contributed by atoms with van der Waals surface area (Å²) in [6, 6.07) is 6.92. The first-order valence-corrected chi connectivity index (χ1v) is 5.51. The number of anilines is 2. The van der Waals surface area contributed by atoms with Gasteiger partial charge in [-0.25, -0.2) is 0 Å². The lowest BCUT2D eigenvalue weighted by molar-refractivity contribution is -0.120. The number of hydrogen-bond donors (Lipinski definition) is 3. The van der Waals surface area contributed by atoms with Crippen molar-refractivity contribution >= 4 is 17.2 Å². The van der Waals surface area contributed by atoms with E-state index in [9.17, 15) is 4.79 Å². The number of carbonyl (C=O) groups excluding carboxylic acids is 1. The van der Waals surface area contributed by atoms with Gasteiger partial charge in [0.2, 0.25) is 0 Å². The van der Waals surface area contributed by atoms with E-state index in [0.29, 0.717) is 13.0 Å². The van der Waals surface area contributed by atoms with Crippen LogP contribution in [0.2, 0.25) is 0 Å². The Kier molecular flexibility index (Phi) is 4.79. The van der Waals surface area contributed by atoms with Gasteiger partial charge in [-0.15, -0.1) is 0 Å². The first-order valence-electron chi connectivity index (χ1n) is 5.51. The molecule has 1 aromatic carbocycles. The minimum Gasteiger partial charge on any atom is -0.399 e. The molecule has 0 amide bonds. The quantitative estimate of drug-likeness (QED) is 0.634. The van der Waals surface area contributed by atoms with Gasteiger partial charge in [-0.05, 0) is 30.7 Å². The summed E-state index contributed by atoms with van der Waals surface area (Å²) in [5.41, 5.74) is 13.0. The van der Waals surface area contributed by atoms with Crippen LogP contribution in [0.5, 0.6) is 0 Å². The molecule has 16 heavy (non-hydrogen) atoms. The molecule has 0 aliphatic carbocycles. The fourth-order valence-electron chi connectivity index (χ4n) is 1.37. The molecule has 4 nitrogen and oxygen atoms in total. The van der Waals surface area contributed by atoms with Gasteiger partial charge in [0.25, 0.3) is 0 Å². The Balaban J connectivity index is 2.39. The molecule has 0 heterocycles. The Morgan fingerprint density at radius 2 is 2.00 bits per heavy atom. The number of nitrogen functional groups attached to an aromatic ring is 1. The molecule has 0 radical (unpaired) electrons. The molecule has 0 saturated carbocycles. The molecular formula is C12H19N3O. The van der Waals surface area contributed by atoms with E-state index in [0.717, 1.165) is 17.8 Å². The fourth-order valence-corrected chi connectivity index (χ4v) is 1.37. The Bertz CT molecular complexity index is 335. The topological polar surface area (TPSA) is 81.1 Å². The Hall–Kier alpha value is -1.55. The minimum atomic E-state index is -0.433. The molecule has 1 atom stereocenters. The lowest BCUT2D eigenvalue weighted by Gasteiger charge is -2.12. The molecule has 1 aromatic rings. The van der Waals surface area contributed by atoms with Crippen molar-refractivity contribution in [1.82, 2.24) is 0 Å². The maximum atomic E-state index is 11.4. The van der Waals surface area contributed by atoms with Gasteiger partial charge in [-0.1, -0.05) is 6.92 Å². The fraction of sp³-hybridized carbons (Fsp3) is 0.417. The molecule has 88 valence electrons. The number of benzene rings is 1. The number of hydrogen-bond acceptors (Lipinski definition) is 4. The summed E-state index contributed by atoms with van der Waals surface area (Å²) in [6.07, 6.45) is 1.39. The molecule has 0 saturated heterocycles. The predicted molar refractivity (Wildman–Crippen MR) is 67.2 cm³/mol. The van der Waals surface area contributed by atoms with Crippen LogP contribution in [0.4, 0.5) is 11.4 Å². The number of carbonyl (C=O) groups is 1. The van der Waals surface area contributed by atoms with Gasteiger partial charge in [-0.3, -0.25) is 4.79 Å². The first kappa shape index (κ1) is 12.5. The van der Waals surface area contributed by atoms with Crippen molar-refractivity contribution in [3.05, 3.63) is 24.3 Å². The van der Waals surface area contributed by atoms with E-state index >= 15 is 0 Å². The van der Waals surface area contributed by atoms with Crippen LogP contribution in [0, 0.1) is 0 Å². The van der Waals surface area contributed by atoms with Gasteiger partial charge >= 0.3 is 0 Å². The van der Waals surface area contributed by atoms with E-state index in [4.69, 9.17) is 11.5 Å². The monoisotopic (exact) mass is 221 g/mol. The van der Waals surface area contributed by atoms with Gasteiger partial charge in [0.15, 0.2) is 5.78 Å². The third-order valence-corrected chi connectivity index (χ3v) is 2.35. The van der Waals surface area contributed by atoms with Crippen LogP contribution in [0.3, 0.4) is 0 Å². The van der Waals surface area contributed by atoms with Crippen LogP contribution >= 0.6 is 0 Å². The molecule has 0 fully saturated rings. The average molecular weight is 221 g/mol. The summed E-state index contributed by atoms with van der Waals surface area (Å²) < 4.78 is 0. The number of nitrogens with one attached hydrogen (secondary N) is 1. The summed E-state index contributed by atoms with van der Waals surface area (Å²) in [7, 11) is 0. The normalized spacial score (nSPS) is 12.1. The van der Waals surface area contributed by atoms with E-state index in [1.54, 1.807) is 0 Å². The zero-order valence-electron chi connectivity index (χ0n) is 9.57. The predicted octanol–water partition coefficient (Wildman–Crippen LogP) is 1.38. The van der Waals surface area contributed by atoms with Crippen molar-refractivity contribution in [2.45, 2.75) is 25.8 Å². The molecule has 0 spiro atoms. The first-order chi connectivity index (χ1) is 7.63. The molecular weight excluding hydrogens is 202 g/mol. The molecule has 0 bridgehead atoms. The Morgan fingerprint density at radius 1 is 1.38 bits per heavy atom. The second-order valence-electron chi connectivity index (χ2n) is 3.83. The highest BCUT2D eigenvalue weighted by atomic mass is 16.1. The minimum absolute atomic E-state index is 0.102. The van der Waals surface area contributed by atoms with E-state index in [1.165, 1.54) is 0 Å². The molecule has 1 rings (SSSR count). The number of Topliss-reactive ketones (excluding diaryl/α,β-unsaturated/α-hetero) is 1. The van der Waals surface area contributed by atoms with Crippen molar-refractivity contribution < 1.29 is 4.79 Å². The van der Waals surface area contributed by atoms with Crippen molar-refractivity contribution in [3.8, 4) is 0 Å². The number of ketones is 1. The average Bonchev–Trinajstić information content (AvgIpc) is 2.28. The largest absolute Gasteiger partial charge is 0.399 e. The molecule has 5 N–H and O–H groups in total. The highest BCUT2D eigenvalue weighted by Crippen LogP contribution is 2.10. The van der Waals surface area contributed by atoms with E-state index in [2.05, 4.69) is 5.32 Å². The highest BCUT2D eigenvalue weighted by Gasteiger charge is 2.11. The molecule has 0 aromatic heterocycles. The summed E-state index contributed by atoms with van der Waals surface area (Å²) in [5, 5.41) is 3.11. The van der Waals surface area contributed by atoms with Crippen molar-refractivity contribution in [2.24, 2.45) is 5.73 Å². The zero-order valence-corrected chi connectivity index (χ0v) is 9.57. The van der Waals surface area contributed by atoms with Gasteiger partial charge in [0, 0.05) is 24.3 Å². The zero-order chi connectivity index (χ0) is 12.0. The maximum Gasteiger partial charge on any atom is 0.151 e. The molecule has 0 aliphatic rings. The smallest absolute Gasteiger partial charge is 0.151 e. The van der Waals surface area contributed by atoms with Crippen molar-refractivity contribution in [1.29, 1.82) is 0 Å². The third kappa shape index (κ3) is 3.90. The van der Waals surface area contributed by atoms with E-state index in [-0.39, 0.29) is 5.78 Å². The van der Waals surface area contributed by atoms with Crippen LogP contribution in [0.15, 0.2) is 24.3 Å². The maximum absolute atomic E-state index is 11.4. The summed E-state index contributed by atoms with van der Waals surface area (Å²) in [6.45, 7) is 2.43. The van der Waals surface area contributed by atoms with E-state index in [1.807, 2.05) is 31.2 Å². The van der Waals surface area contributed by atoms with Crippen molar-refractivity contribution in [2.75, 3.05) is 17.6 Å². The summed E-state index contributed by atoms with van der Waals surface area (Å²) in [4.78, 5) is 11.4. The molecule has 4 heteroatoms. The SMILES string of the molecule is CCCC(=O)C(N)CNc1ccc(N)cc1. The second kappa shape index (κ2) is 6.12. The highest BCUT2D eigenvalue weighted by molar-refractivity contribution is 5.84. The van der Waals surface area contributed by atoms with Gasteiger partial charge in [0.1, 0.15) is 0 Å². The summed E-state index contributed by atoms with van der Waals surface area (Å²) in [5.74, 6) is 0.102. The van der Waals surface area contributed by atoms with Crippen LogP contribution in [0.1, 0.15) is 19.8 Å². The van der Waals surface area contributed by atoms with Gasteiger partial charge in [-0.2, -0.15) is 0 Å². The van der Waals surface area contributed by atoms with Gasteiger partial charge in [0.05, 0.1) is 6.04 Å². The standard InChI is InChI=1S/C12H19N3O/c1-2-3-12(16)11(14)8-15-10-6-4-9(13)5-7-10/h4-7,11,15H,2-3,8,13-14H2,1H3. The second-order valence-corrected chi connectivity index (χ2v) is 3.83. The van der Waals surface area contributed by atoms with Crippen LogP contribution in [-0.4, -0.2) is 18.4 Å². The van der Waals surface area contributed by atoms with Crippen molar-refractivity contribution in [3.63, 3.8) is 0 Å². The summed E-state index contributed by atoms with van der Waals surface area (Å²) >= 11 is 0. The number of nitrogens with two attached hydrogens (primary N) is 2. The van der Waals surface area contributed by atoms with Crippen LogP contribution in [-0.2, 0) is 4.79 Å². The van der Waals surface area contributed by atoms with Crippen LogP contribution < -0.4 is 16.8 Å². The molecule has 0 aliphatic heterocycles.